The van der Waals surface area contributed by atoms with Crippen LogP contribution in [0.25, 0.3) is 0 Å². The van der Waals surface area contributed by atoms with Gasteiger partial charge in [0.1, 0.15) is 5.75 Å². The Morgan fingerprint density at radius 3 is 2.80 bits per heavy atom. The summed E-state index contributed by atoms with van der Waals surface area (Å²) in [5.41, 5.74) is 3.68. The first-order valence-corrected chi connectivity index (χ1v) is 11.4. The molecule has 0 bridgehead atoms. The largest absolute Gasteiger partial charge is 0.497 e. The molecule has 3 aromatic rings. The van der Waals surface area contributed by atoms with Gasteiger partial charge in [-0.3, -0.25) is 9.59 Å². The van der Waals surface area contributed by atoms with Crippen LogP contribution in [0.15, 0.2) is 58.3 Å². The van der Waals surface area contributed by atoms with Crippen LogP contribution in [0.5, 0.6) is 5.75 Å². The number of carbonyl (C=O) groups is 2. The van der Waals surface area contributed by atoms with E-state index in [0.29, 0.717) is 0 Å². The zero-order chi connectivity index (χ0) is 20.9. The van der Waals surface area contributed by atoms with E-state index >= 15 is 0 Å². The Hall–Kier alpha value is -2.84. The lowest BCUT2D eigenvalue weighted by atomic mass is 10.2. The molecule has 0 fully saturated rings. The van der Waals surface area contributed by atoms with Crippen molar-refractivity contribution in [1.29, 1.82) is 0 Å². The van der Waals surface area contributed by atoms with Crippen LogP contribution < -0.4 is 15.0 Å². The number of benzene rings is 2. The van der Waals surface area contributed by atoms with Gasteiger partial charge in [-0.1, -0.05) is 30.0 Å². The van der Waals surface area contributed by atoms with E-state index in [2.05, 4.69) is 16.4 Å². The van der Waals surface area contributed by atoms with Gasteiger partial charge in [0.15, 0.2) is 4.34 Å². The maximum Gasteiger partial charge on any atom is 0.234 e. The monoisotopic (exact) mass is 439 g/mol. The Morgan fingerprint density at radius 1 is 1.20 bits per heavy atom. The minimum atomic E-state index is -0.105. The quantitative estimate of drug-likeness (QED) is 0.563. The highest BCUT2D eigenvalue weighted by molar-refractivity contribution is 8.01. The molecular formula is C22H21N3O3S2. The molecular weight excluding hydrogens is 418 g/mol. The Bertz CT molecular complexity index is 1050. The van der Waals surface area contributed by atoms with Crippen LogP contribution in [0.4, 0.5) is 11.4 Å². The molecule has 2 aromatic carbocycles. The van der Waals surface area contributed by atoms with Gasteiger partial charge in [0.2, 0.25) is 11.8 Å². The van der Waals surface area contributed by atoms with Crippen molar-refractivity contribution in [2.45, 2.75) is 17.2 Å². The summed E-state index contributed by atoms with van der Waals surface area (Å²) < 4.78 is 5.89. The summed E-state index contributed by atoms with van der Waals surface area (Å²) in [6.45, 7) is 0.718. The molecule has 1 aliphatic heterocycles. The predicted molar refractivity (Wildman–Crippen MR) is 121 cm³/mol. The summed E-state index contributed by atoms with van der Waals surface area (Å²) >= 11 is 2.83. The summed E-state index contributed by atoms with van der Waals surface area (Å²) in [6.07, 6.45) is 1.16. The van der Waals surface area contributed by atoms with Gasteiger partial charge in [-0.15, -0.1) is 11.3 Å². The number of hydrogen-bond donors (Lipinski definition) is 1. The fourth-order valence-electron chi connectivity index (χ4n) is 3.28. The van der Waals surface area contributed by atoms with Gasteiger partial charge >= 0.3 is 0 Å². The summed E-state index contributed by atoms with van der Waals surface area (Å²) in [6, 6.07) is 15.2. The smallest absolute Gasteiger partial charge is 0.234 e. The second-order valence-corrected chi connectivity index (χ2v) is 8.85. The topological polar surface area (TPSA) is 71.5 Å². The number of ether oxygens (including phenoxy) is 1. The molecule has 6 nitrogen and oxygen atoms in total. The second-order valence-electron chi connectivity index (χ2n) is 6.77. The third-order valence-corrected chi connectivity index (χ3v) is 6.82. The minimum Gasteiger partial charge on any atom is -0.497 e. The van der Waals surface area contributed by atoms with E-state index < -0.39 is 0 Å². The zero-order valence-electron chi connectivity index (χ0n) is 16.5. The maximum absolute atomic E-state index is 12.7. The molecule has 2 amide bonds. The molecule has 0 aliphatic carbocycles. The van der Waals surface area contributed by atoms with Gasteiger partial charge in [-0.2, -0.15) is 0 Å². The fourth-order valence-corrected chi connectivity index (χ4v) is 4.93. The van der Waals surface area contributed by atoms with Crippen LogP contribution in [-0.2, 0) is 22.4 Å². The normalized spacial score (nSPS) is 12.5. The predicted octanol–water partition coefficient (Wildman–Crippen LogP) is 4.01. The van der Waals surface area contributed by atoms with E-state index in [-0.39, 0.29) is 24.0 Å². The number of fused-ring (bicyclic) bond motifs is 1. The van der Waals surface area contributed by atoms with Gasteiger partial charge in [-0.05, 0) is 42.3 Å². The Balaban J connectivity index is 1.28. The average Bonchev–Trinajstić information content (AvgIpc) is 3.39. The number of nitrogens with zero attached hydrogens (tertiary/aromatic N) is 2. The number of nitrogens with one attached hydrogen (secondary N) is 1. The Morgan fingerprint density at radius 2 is 2.00 bits per heavy atom. The third kappa shape index (κ3) is 4.83. The van der Waals surface area contributed by atoms with Gasteiger partial charge in [0, 0.05) is 23.3 Å². The maximum atomic E-state index is 12.7. The number of rotatable bonds is 7. The average molecular weight is 440 g/mol. The van der Waals surface area contributed by atoms with Crippen LogP contribution in [0, 0.1) is 0 Å². The van der Waals surface area contributed by atoms with Crippen LogP contribution >= 0.6 is 23.1 Å². The Labute approximate surface area is 183 Å². The number of hydrogen-bond acceptors (Lipinski definition) is 6. The standard InChI is InChI=1S/C22H21N3O3S2/c1-28-18-8-6-16(7-9-18)23-20(26)14-30-22-24-17(13-29-22)12-21(27)25-11-10-15-4-2-3-5-19(15)25/h2-9,13H,10-12,14H2,1H3,(H,23,26). The summed E-state index contributed by atoms with van der Waals surface area (Å²) in [5.74, 6) is 0.947. The number of thiazole rings is 1. The van der Waals surface area contributed by atoms with Crippen molar-refractivity contribution in [3.63, 3.8) is 0 Å². The van der Waals surface area contributed by atoms with Crippen molar-refractivity contribution < 1.29 is 14.3 Å². The number of anilines is 2. The third-order valence-electron chi connectivity index (χ3n) is 4.75. The first kappa shape index (κ1) is 20.4. The fraction of sp³-hybridized carbons (Fsp3) is 0.227. The highest BCUT2D eigenvalue weighted by Crippen LogP contribution is 2.29. The van der Waals surface area contributed by atoms with Crippen molar-refractivity contribution in [2.24, 2.45) is 0 Å². The number of aromatic nitrogens is 1. The van der Waals surface area contributed by atoms with E-state index in [1.807, 2.05) is 28.5 Å². The van der Waals surface area contributed by atoms with E-state index in [9.17, 15) is 9.59 Å². The molecule has 154 valence electrons. The molecule has 0 atom stereocenters. The molecule has 1 aliphatic rings. The molecule has 1 N–H and O–H groups in total. The number of amides is 2. The summed E-state index contributed by atoms with van der Waals surface area (Å²) in [7, 11) is 1.60. The van der Waals surface area contributed by atoms with Crippen molar-refractivity contribution in [3.8, 4) is 5.75 Å². The van der Waals surface area contributed by atoms with Gasteiger partial charge in [-0.25, -0.2) is 4.98 Å². The second kappa shape index (κ2) is 9.32. The van der Waals surface area contributed by atoms with E-state index in [1.54, 1.807) is 31.4 Å². The van der Waals surface area contributed by atoms with Crippen molar-refractivity contribution in [2.75, 3.05) is 29.6 Å². The molecule has 0 spiro atoms. The van der Waals surface area contributed by atoms with E-state index in [4.69, 9.17) is 4.74 Å². The molecule has 0 saturated carbocycles. The number of methoxy groups -OCH3 is 1. The first-order chi connectivity index (χ1) is 14.6. The lowest BCUT2D eigenvalue weighted by Crippen LogP contribution is -2.30. The minimum absolute atomic E-state index is 0.0547. The molecule has 0 unspecified atom stereocenters. The van der Waals surface area contributed by atoms with Crippen molar-refractivity contribution in [1.82, 2.24) is 4.98 Å². The molecule has 8 heteroatoms. The van der Waals surface area contributed by atoms with E-state index in [0.717, 1.165) is 40.1 Å². The molecule has 2 heterocycles. The Kier molecular flexibility index (Phi) is 6.35. The van der Waals surface area contributed by atoms with Crippen molar-refractivity contribution in [3.05, 3.63) is 65.2 Å². The summed E-state index contributed by atoms with van der Waals surface area (Å²) in [5, 5.41) is 4.74. The van der Waals surface area contributed by atoms with Gasteiger partial charge in [0.05, 0.1) is 25.0 Å². The SMILES string of the molecule is COc1ccc(NC(=O)CSc2nc(CC(=O)N3CCc4ccccc43)cs2)cc1. The van der Waals surface area contributed by atoms with Crippen LogP contribution in [-0.4, -0.2) is 36.2 Å². The highest BCUT2D eigenvalue weighted by Gasteiger charge is 2.24. The molecule has 4 rings (SSSR count). The van der Waals surface area contributed by atoms with Crippen molar-refractivity contribution >= 4 is 46.3 Å². The highest BCUT2D eigenvalue weighted by atomic mass is 32.2. The van der Waals surface area contributed by atoms with Crippen LogP contribution in [0.3, 0.4) is 0 Å². The summed E-state index contributed by atoms with van der Waals surface area (Å²) in [4.78, 5) is 31.2. The van der Waals surface area contributed by atoms with Crippen LogP contribution in [0.2, 0.25) is 0 Å². The molecule has 0 saturated heterocycles. The van der Waals surface area contributed by atoms with Gasteiger partial charge < -0.3 is 15.0 Å². The number of carbonyl (C=O) groups excluding carboxylic acids is 2. The first-order valence-electron chi connectivity index (χ1n) is 9.52. The molecule has 1 aromatic heterocycles. The molecule has 30 heavy (non-hydrogen) atoms. The van der Waals surface area contributed by atoms with Gasteiger partial charge in [0.25, 0.3) is 0 Å². The van der Waals surface area contributed by atoms with E-state index in [1.165, 1.54) is 28.7 Å². The zero-order valence-corrected chi connectivity index (χ0v) is 18.1. The molecule has 0 radical (unpaired) electrons. The lowest BCUT2D eigenvalue weighted by molar-refractivity contribution is -0.118. The number of thioether (sulfide) groups is 1. The number of para-hydroxylation sites is 1. The lowest BCUT2D eigenvalue weighted by Gasteiger charge is -2.16. The van der Waals surface area contributed by atoms with Crippen LogP contribution in [0.1, 0.15) is 11.3 Å².